The van der Waals surface area contributed by atoms with Crippen molar-refractivity contribution >= 4 is 6.09 Å². The summed E-state index contributed by atoms with van der Waals surface area (Å²) in [6, 6.07) is 20.0. The van der Waals surface area contributed by atoms with Crippen LogP contribution in [0.5, 0.6) is 0 Å². The molecule has 2 aromatic rings. The van der Waals surface area contributed by atoms with E-state index in [1.54, 1.807) is 0 Å². The van der Waals surface area contributed by atoms with Crippen LogP contribution in [0.25, 0.3) is 0 Å². The second-order valence-electron chi connectivity index (χ2n) is 5.46. The normalized spacial score (nSPS) is 12.6. The van der Waals surface area contributed by atoms with Crippen LogP contribution in [0.4, 0.5) is 4.79 Å². The molecule has 1 atom stereocenters. The predicted molar refractivity (Wildman–Crippen MR) is 88.6 cm³/mol. The van der Waals surface area contributed by atoms with Crippen LogP contribution in [0, 0.1) is 0 Å². The molecule has 0 saturated carbocycles. The van der Waals surface area contributed by atoms with E-state index < -0.39 is 12.2 Å². The zero-order chi connectivity index (χ0) is 16.0. The van der Waals surface area contributed by atoms with Gasteiger partial charge < -0.3 is 10.5 Å². The highest BCUT2D eigenvalue weighted by atomic mass is 16.6. The summed E-state index contributed by atoms with van der Waals surface area (Å²) in [5.74, 6) is 0. The van der Waals surface area contributed by atoms with Crippen molar-refractivity contribution in [3.8, 4) is 0 Å². The van der Waals surface area contributed by atoms with Crippen LogP contribution in [0.3, 0.4) is 0 Å². The molecule has 0 saturated heterocycles. The van der Waals surface area contributed by atoms with Crippen molar-refractivity contribution in [1.29, 1.82) is 0 Å². The van der Waals surface area contributed by atoms with E-state index in [0.29, 0.717) is 0 Å². The van der Waals surface area contributed by atoms with Gasteiger partial charge in [0.1, 0.15) is 6.10 Å². The first kappa shape index (κ1) is 16.1. The van der Waals surface area contributed by atoms with Crippen LogP contribution in [0.15, 0.2) is 60.7 Å². The Bertz CT molecular complexity index is 591. The molecule has 116 valence electrons. The highest BCUT2D eigenvalue weighted by Gasteiger charge is 2.40. The average Bonchev–Trinajstić information content (AvgIpc) is 2.57. The first-order valence-corrected chi connectivity index (χ1v) is 7.70. The van der Waals surface area contributed by atoms with Crippen molar-refractivity contribution in [3.05, 3.63) is 71.8 Å². The molecule has 2 aromatic carbocycles. The topological polar surface area (TPSA) is 52.3 Å². The largest absolute Gasteiger partial charge is 0.441 e. The Hall–Kier alpha value is -2.29. The molecule has 0 aliphatic rings. The fraction of sp³-hybridized carbons (Fsp3) is 0.316. The molecule has 3 heteroatoms. The molecule has 0 spiro atoms. The van der Waals surface area contributed by atoms with Crippen molar-refractivity contribution in [2.45, 2.75) is 38.2 Å². The van der Waals surface area contributed by atoms with Gasteiger partial charge in [-0.1, -0.05) is 74.5 Å². The van der Waals surface area contributed by atoms with E-state index in [9.17, 15) is 4.79 Å². The molecule has 22 heavy (non-hydrogen) atoms. The van der Waals surface area contributed by atoms with E-state index in [4.69, 9.17) is 10.5 Å². The monoisotopic (exact) mass is 297 g/mol. The van der Waals surface area contributed by atoms with Crippen LogP contribution in [-0.2, 0) is 10.2 Å². The highest BCUT2D eigenvalue weighted by Crippen LogP contribution is 2.45. The molecule has 2 N–H and O–H groups in total. The first-order valence-electron chi connectivity index (χ1n) is 7.70. The fourth-order valence-electron chi connectivity index (χ4n) is 3.19. The molecule has 0 heterocycles. The van der Waals surface area contributed by atoms with E-state index >= 15 is 0 Å². The Labute approximate surface area is 132 Å². The first-order chi connectivity index (χ1) is 10.6. The number of hydrogen-bond donors (Lipinski definition) is 1. The summed E-state index contributed by atoms with van der Waals surface area (Å²) in [5.41, 5.74) is 7.19. The number of hydrogen-bond acceptors (Lipinski definition) is 2. The van der Waals surface area contributed by atoms with Gasteiger partial charge in [-0.05, 0) is 24.0 Å². The van der Waals surface area contributed by atoms with Gasteiger partial charge >= 0.3 is 6.09 Å². The SMILES string of the molecule is CCC(CC)(c1ccccc1)[C@@H](OC(N)=O)c1ccccc1. The van der Waals surface area contributed by atoms with Crippen LogP contribution < -0.4 is 5.73 Å². The van der Waals surface area contributed by atoms with Crippen molar-refractivity contribution in [1.82, 2.24) is 0 Å². The van der Waals surface area contributed by atoms with Crippen LogP contribution in [0.1, 0.15) is 43.9 Å². The maximum atomic E-state index is 11.5. The number of rotatable bonds is 6. The number of benzene rings is 2. The Morgan fingerprint density at radius 2 is 1.50 bits per heavy atom. The molecular weight excluding hydrogens is 274 g/mol. The standard InChI is InChI=1S/C19H23NO2/c1-3-19(4-2,16-13-9-6-10-14-16)17(22-18(20)21)15-11-7-5-8-12-15/h5-14,17H,3-4H2,1-2H3,(H2,20,21)/t17-/m0/s1. The summed E-state index contributed by atoms with van der Waals surface area (Å²) in [7, 11) is 0. The molecule has 0 radical (unpaired) electrons. The highest BCUT2D eigenvalue weighted by molar-refractivity contribution is 5.65. The molecule has 0 aliphatic heterocycles. The van der Waals surface area contributed by atoms with E-state index in [1.165, 1.54) is 0 Å². The molecule has 1 amide bonds. The van der Waals surface area contributed by atoms with Gasteiger partial charge in [0.2, 0.25) is 0 Å². The Morgan fingerprint density at radius 1 is 1.00 bits per heavy atom. The van der Waals surface area contributed by atoms with E-state index in [-0.39, 0.29) is 5.41 Å². The second-order valence-corrected chi connectivity index (χ2v) is 5.46. The third-order valence-electron chi connectivity index (χ3n) is 4.45. The molecular formula is C19H23NO2. The lowest BCUT2D eigenvalue weighted by Crippen LogP contribution is -2.36. The molecule has 2 rings (SSSR count). The zero-order valence-corrected chi connectivity index (χ0v) is 13.2. The lowest BCUT2D eigenvalue weighted by molar-refractivity contribution is 0.0441. The molecule has 3 nitrogen and oxygen atoms in total. The fourth-order valence-corrected chi connectivity index (χ4v) is 3.19. The molecule has 0 aromatic heterocycles. The average molecular weight is 297 g/mol. The lowest BCUT2D eigenvalue weighted by Gasteiger charge is -2.39. The van der Waals surface area contributed by atoms with Crippen molar-refractivity contribution in [3.63, 3.8) is 0 Å². The molecule has 0 fully saturated rings. The number of carbonyl (C=O) groups is 1. The number of primary amides is 1. The van der Waals surface area contributed by atoms with E-state index in [0.717, 1.165) is 24.0 Å². The van der Waals surface area contributed by atoms with Crippen molar-refractivity contribution in [2.75, 3.05) is 0 Å². The summed E-state index contributed by atoms with van der Waals surface area (Å²) in [4.78, 5) is 11.5. The predicted octanol–water partition coefficient (Wildman–Crippen LogP) is 4.58. The Kier molecular flexibility index (Phi) is 5.21. The third kappa shape index (κ3) is 3.14. The molecule has 0 bridgehead atoms. The second kappa shape index (κ2) is 7.12. The van der Waals surface area contributed by atoms with Crippen molar-refractivity contribution < 1.29 is 9.53 Å². The molecule has 0 aliphatic carbocycles. The smallest absolute Gasteiger partial charge is 0.405 e. The summed E-state index contributed by atoms with van der Waals surface area (Å²) >= 11 is 0. The summed E-state index contributed by atoms with van der Waals surface area (Å²) in [6.45, 7) is 4.24. The maximum absolute atomic E-state index is 11.5. The minimum absolute atomic E-state index is 0.294. The number of nitrogens with two attached hydrogens (primary N) is 1. The lowest BCUT2D eigenvalue weighted by atomic mass is 9.69. The minimum Gasteiger partial charge on any atom is -0.441 e. The Morgan fingerprint density at radius 3 is 1.95 bits per heavy atom. The van der Waals surface area contributed by atoms with Gasteiger partial charge in [-0.15, -0.1) is 0 Å². The van der Waals surface area contributed by atoms with Crippen LogP contribution >= 0.6 is 0 Å². The third-order valence-corrected chi connectivity index (χ3v) is 4.45. The van der Waals surface area contributed by atoms with Gasteiger partial charge in [0, 0.05) is 5.41 Å². The number of carbonyl (C=O) groups excluding carboxylic acids is 1. The van der Waals surface area contributed by atoms with Crippen molar-refractivity contribution in [2.24, 2.45) is 5.73 Å². The van der Waals surface area contributed by atoms with Gasteiger partial charge in [0.25, 0.3) is 0 Å². The van der Waals surface area contributed by atoms with E-state index in [1.807, 2.05) is 48.5 Å². The number of ether oxygens (including phenoxy) is 1. The quantitative estimate of drug-likeness (QED) is 0.848. The summed E-state index contributed by atoms with van der Waals surface area (Å²) < 4.78 is 5.58. The minimum atomic E-state index is -0.740. The van der Waals surface area contributed by atoms with Gasteiger partial charge in [0.15, 0.2) is 0 Å². The maximum Gasteiger partial charge on any atom is 0.405 e. The van der Waals surface area contributed by atoms with Gasteiger partial charge in [-0.3, -0.25) is 0 Å². The van der Waals surface area contributed by atoms with Gasteiger partial charge in [-0.25, -0.2) is 4.79 Å². The Balaban J connectivity index is 2.56. The summed E-state index contributed by atoms with van der Waals surface area (Å²) in [6.07, 6.45) is 0.556. The van der Waals surface area contributed by atoms with Crippen LogP contribution in [0.2, 0.25) is 0 Å². The number of amides is 1. The zero-order valence-electron chi connectivity index (χ0n) is 13.2. The molecule has 0 unspecified atom stereocenters. The summed E-state index contributed by atoms with van der Waals surface area (Å²) in [5, 5.41) is 0. The van der Waals surface area contributed by atoms with Gasteiger partial charge in [0.05, 0.1) is 0 Å². The van der Waals surface area contributed by atoms with Gasteiger partial charge in [-0.2, -0.15) is 0 Å². The van der Waals surface area contributed by atoms with Crippen LogP contribution in [-0.4, -0.2) is 6.09 Å². The van der Waals surface area contributed by atoms with E-state index in [2.05, 4.69) is 26.0 Å².